The lowest BCUT2D eigenvalue weighted by Crippen LogP contribution is -2.33. The van der Waals surface area contributed by atoms with Gasteiger partial charge >= 0.3 is 0 Å². The lowest BCUT2D eigenvalue weighted by Gasteiger charge is -2.26. The molecule has 3 rings (SSSR count). The summed E-state index contributed by atoms with van der Waals surface area (Å²) in [4.78, 5) is 17.6. The van der Waals surface area contributed by atoms with Crippen LogP contribution < -0.4 is 4.74 Å². The Morgan fingerprint density at radius 1 is 1.26 bits per heavy atom. The predicted molar refractivity (Wildman–Crippen MR) is 72.5 cm³/mol. The van der Waals surface area contributed by atoms with Crippen molar-refractivity contribution in [1.82, 2.24) is 24.8 Å². The van der Waals surface area contributed by atoms with Crippen molar-refractivity contribution in [2.24, 2.45) is 0 Å². The third-order valence-corrected chi connectivity index (χ3v) is 3.49. The minimum atomic E-state index is 0.160. The van der Waals surface area contributed by atoms with Crippen LogP contribution in [0.3, 0.4) is 0 Å². The summed E-state index contributed by atoms with van der Waals surface area (Å²) in [7, 11) is 0. The highest BCUT2D eigenvalue weighted by Gasteiger charge is 2.12. The van der Waals surface area contributed by atoms with E-state index in [1.54, 1.807) is 6.33 Å². The predicted octanol–water partition coefficient (Wildman–Crippen LogP) is 1.87. The molecule has 7 heteroatoms. The smallest absolute Gasteiger partial charge is 0.244 e. The maximum Gasteiger partial charge on any atom is 0.244 e. The number of halogens is 1. The minimum absolute atomic E-state index is 0.160. The number of aromatic amines is 1. The van der Waals surface area contributed by atoms with Crippen LogP contribution in [0, 0.1) is 0 Å². The molecular weight excluding hydrogens is 266 g/mol. The number of H-pyrrole nitrogens is 1. The van der Waals surface area contributed by atoms with E-state index in [1.807, 2.05) is 0 Å². The lowest BCUT2D eigenvalue weighted by molar-refractivity contribution is 0.181. The second-order valence-electron chi connectivity index (χ2n) is 4.65. The van der Waals surface area contributed by atoms with Crippen LogP contribution in [0.15, 0.2) is 6.33 Å². The van der Waals surface area contributed by atoms with Gasteiger partial charge in [-0.2, -0.15) is 9.97 Å². The first-order valence-corrected chi connectivity index (χ1v) is 6.92. The van der Waals surface area contributed by atoms with Crippen molar-refractivity contribution >= 4 is 22.8 Å². The summed E-state index contributed by atoms with van der Waals surface area (Å²) in [6, 6.07) is 0. The minimum Gasteiger partial charge on any atom is -0.475 e. The standard InChI is InChI=1S/C12H16ClN5O/c13-12-16-10-9(14-8-15-10)11(17-12)19-7-6-18-4-2-1-3-5-18/h8H,1-7H2,(H,14,15,16,17). The van der Waals surface area contributed by atoms with Gasteiger partial charge in [-0.15, -0.1) is 0 Å². The van der Waals surface area contributed by atoms with E-state index in [9.17, 15) is 0 Å². The van der Waals surface area contributed by atoms with E-state index in [4.69, 9.17) is 16.3 Å². The number of aromatic nitrogens is 4. The van der Waals surface area contributed by atoms with Gasteiger partial charge in [-0.25, -0.2) is 4.98 Å². The Kier molecular flexibility index (Phi) is 3.79. The van der Waals surface area contributed by atoms with Crippen molar-refractivity contribution in [1.29, 1.82) is 0 Å². The molecule has 3 heterocycles. The van der Waals surface area contributed by atoms with Crippen LogP contribution in [0.5, 0.6) is 5.88 Å². The fourth-order valence-electron chi connectivity index (χ4n) is 2.34. The molecule has 1 aliphatic heterocycles. The molecule has 0 saturated carbocycles. The van der Waals surface area contributed by atoms with Gasteiger partial charge in [0.1, 0.15) is 12.1 Å². The SMILES string of the molecule is Clc1nc(OCCN2CCCCC2)c2[nH]cnc2n1. The van der Waals surface area contributed by atoms with Crippen LogP contribution in [0.2, 0.25) is 5.28 Å². The molecule has 1 aliphatic rings. The number of ether oxygens (including phenoxy) is 1. The van der Waals surface area contributed by atoms with Crippen LogP contribution in [0.1, 0.15) is 19.3 Å². The van der Waals surface area contributed by atoms with Crippen molar-refractivity contribution in [3.8, 4) is 5.88 Å². The van der Waals surface area contributed by atoms with E-state index in [1.165, 1.54) is 19.3 Å². The van der Waals surface area contributed by atoms with Crippen LogP contribution >= 0.6 is 11.6 Å². The molecule has 0 amide bonds. The summed E-state index contributed by atoms with van der Waals surface area (Å²) in [6.45, 7) is 3.83. The monoisotopic (exact) mass is 281 g/mol. The van der Waals surface area contributed by atoms with E-state index in [0.29, 0.717) is 23.7 Å². The van der Waals surface area contributed by atoms with E-state index >= 15 is 0 Å². The fourth-order valence-corrected chi connectivity index (χ4v) is 2.50. The van der Waals surface area contributed by atoms with Crippen LogP contribution in [0.4, 0.5) is 0 Å². The molecule has 19 heavy (non-hydrogen) atoms. The number of fused-ring (bicyclic) bond motifs is 1. The largest absolute Gasteiger partial charge is 0.475 e. The third-order valence-electron chi connectivity index (χ3n) is 3.32. The molecule has 0 aliphatic carbocycles. The van der Waals surface area contributed by atoms with Crippen molar-refractivity contribution < 1.29 is 4.74 Å². The average molecular weight is 282 g/mol. The van der Waals surface area contributed by atoms with Crippen LogP contribution in [-0.2, 0) is 0 Å². The van der Waals surface area contributed by atoms with E-state index in [-0.39, 0.29) is 5.28 Å². The molecule has 0 bridgehead atoms. The molecule has 0 atom stereocenters. The highest BCUT2D eigenvalue weighted by molar-refractivity contribution is 6.28. The number of nitrogens with zero attached hydrogens (tertiary/aromatic N) is 4. The zero-order valence-electron chi connectivity index (χ0n) is 10.6. The van der Waals surface area contributed by atoms with E-state index < -0.39 is 0 Å². The molecule has 0 spiro atoms. The molecule has 0 unspecified atom stereocenters. The highest BCUT2D eigenvalue weighted by Crippen LogP contribution is 2.20. The molecule has 1 saturated heterocycles. The molecule has 102 valence electrons. The molecule has 0 aromatic carbocycles. The molecule has 1 N–H and O–H groups in total. The number of imidazole rings is 1. The number of likely N-dealkylation sites (tertiary alicyclic amines) is 1. The van der Waals surface area contributed by atoms with Gasteiger partial charge in [0.05, 0.1) is 6.33 Å². The van der Waals surface area contributed by atoms with Gasteiger partial charge in [0.25, 0.3) is 0 Å². The van der Waals surface area contributed by atoms with Gasteiger partial charge in [0, 0.05) is 6.54 Å². The summed E-state index contributed by atoms with van der Waals surface area (Å²) < 4.78 is 5.71. The zero-order valence-corrected chi connectivity index (χ0v) is 11.4. The van der Waals surface area contributed by atoms with Gasteiger partial charge < -0.3 is 9.72 Å². The van der Waals surface area contributed by atoms with Gasteiger partial charge in [-0.3, -0.25) is 4.90 Å². The number of piperidine rings is 1. The normalized spacial score (nSPS) is 16.9. The lowest BCUT2D eigenvalue weighted by atomic mass is 10.1. The van der Waals surface area contributed by atoms with Gasteiger partial charge in [0.15, 0.2) is 5.65 Å². The topological polar surface area (TPSA) is 66.9 Å². The molecule has 0 radical (unpaired) electrons. The van der Waals surface area contributed by atoms with Crippen molar-refractivity contribution in [2.75, 3.05) is 26.2 Å². The first kappa shape index (κ1) is 12.6. The molecule has 2 aromatic rings. The van der Waals surface area contributed by atoms with Gasteiger partial charge in [-0.05, 0) is 37.5 Å². The average Bonchev–Trinajstić information content (AvgIpc) is 2.88. The van der Waals surface area contributed by atoms with Crippen molar-refractivity contribution in [3.05, 3.63) is 11.6 Å². The zero-order chi connectivity index (χ0) is 13.1. The number of hydrogen-bond acceptors (Lipinski definition) is 5. The highest BCUT2D eigenvalue weighted by atomic mass is 35.5. The molecule has 2 aromatic heterocycles. The molecule has 6 nitrogen and oxygen atoms in total. The van der Waals surface area contributed by atoms with Gasteiger partial charge in [0.2, 0.25) is 11.2 Å². The summed E-state index contributed by atoms with van der Waals surface area (Å²) >= 11 is 5.84. The Balaban J connectivity index is 1.63. The van der Waals surface area contributed by atoms with E-state index in [0.717, 1.165) is 19.6 Å². The Bertz CT molecular complexity index is 552. The van der Waals surface area contributed by atoms with Crippen molar-refractivity contribution in [3.63, 3.8) is 0 Å². The summed E-state index contributed by atoms with van der Waals surface area (Å²) in [5, 5.41) is 0.160. The van der Waals surface area contributed by atoms with Gasteiger partial charge in [-0.1, -0.05) is 6.42 Å². The quantitative estimate of drug-likeness (QED) is 0.867. The van der Waals surface area contributed by atoms with Crippen LogP contribution in [0.25, 0.3) is 11.2 Å². The summed E-state index contributed by atoms with van der Waals surface area (Å²) in [6.07, 6.45) is 5.47. The maximum absolute atomic E-state index is 5.84. The number of rotatable bonds is 4. The maximum atomic E-state index is 5.84. The van der Waals surface area contributed by atoms with E-state index in [2.05, 4.69) is 24.8 Å². The second kappa shape index (κ2) is 5.71. The number of nitrogens with one attached hydrogen (secondary N) is 1. The molecular formula is C12H16ClN5O. The Hall–Kier alpha value is -1.40. The number of hydrogen-bond donors (Lipinski definition) is 1. The first-order valence-electron chi connectivity index (χ1n) is 6.55. The second-order valence-corrected chi connectivity index (χ2v) is 4.99. The summed E-state index contributed by atoms with van der Waals surface area (Å²) in [5.41, 5.74) is 1.23. The molecule has 1 fully saturated rings. The Morgan fingerprint density at radius 3 is 2.95 bits per heavy atom. The third kappa shape index (κ3) is 2.96. The van der Waals surface area contributed by atoms with Crippen LogP contribution in [-0.4, -0.2) is 51.1 Å². The fraction of sp³-hybridized carbons (Fsp3) is 0.583. The Morgan fingerprint density at radius 2 is 2.11 bits per heavy atom. The van der Waals surface area contributed by atoms with Crippen molar-refractivity contribution in [2.45, 2.75) is 19.3 Å². The first-order chi connectivity index (χ1) is 9.33. The Labute approximate surface area is 116 Å². The summed E-state index contributed by atoms with van der Waals surface area (Å²) in [5.74, 6) is 0.476.